The summed E-state index contributed by atoms with van der Waals surface area (Å²) in [6.07, 6.45) is 1.62. The van der Waals surface area contributed by atoms with Crippen molar-refractivity contribution in [3.8, 4) is 0 Å². The van der Waals surface area contributed by atoms with E-state index in [2.05, 4.69) is 32.0 Å². The van der Waals surface area contributed by atoms with E-state index in [1.807, 2.05) is 0 Å². The van der Waals surface area contributed by atoms with Gasteiger partial charge in [0.2, 0.25) is 0 Å². The average Bonchev–Trinajstić information content (AvgIpc) is 2.30. The van der Waals surface area contributed by atoms with Gasteiger partial charge in [0, 0.05) is 6.04 Å². The third kappa shape index (κ3) is 4.18. The molecule has 2 aromatic rings. The highest BCUT2D eigenvalue weighted by atomic mass is 19.1. The van der Waals surface area contributed by atoms with E-state index >= 15 is 0 Å². The Labute approximate surface area is 114 Å². The second kappa shape index (κ2) is 5.98. The Kier molecular flexibility index (Phi) is 4.33. The third-order valence-electron chi connectivity index (χ3n) is 3.19. The second-order valence-corrected chi connectivity index (χ2v) is 5.29. The minimum Gasteiger partial charge on any atom is -0.327 e. The lowest BCUT2D eigenvalue weighted by atomic mass is 9.97. The van der Waals surface area contributed by atoms with Crippen LogP contribution in [0.15, 0.2) is 42.5 Å². The van der Waals surface area contributed by atoms with Crippen LogP contribution in [0.3, 0.4) is 0 Å². The van der Waals surface area contributed by atoms with Crippen LogP contribution < -0.4 is 5.73 Å². The first-order valence-electron chi connectivity index (χ1n) is 6.60. The summed E-state index contributed by atoms with van der Waals surface area (Å²) in [5.74, 6) is -0.202. The highest BCUT2D eigenvalue weighted by Crippen LogP contribution is 2.12. The van der Waals surface area contributed by atoms with Crippen molar-refractivity contribution in [1.29, 1.82) is 0 Å². The molecule has 19 heavy (non-hydrogen) atoms. The van der Waals surface area contributed by atoms with Gasteiger partial charge in [0.1, 0.15) is 5.82 Å². The van der Waals surface area contributed by atoms with E-state index in [4.69, 9.17) is 5.73 Å². The monoisotopic (exact) mass is 257 g/mol. The van der Waals surface area contributed by atoms with Crippen LogP contribution >= 0.6 is 0 Å². The SMILES string of the molecule is Cc1cc(C)cc(CC(N)Cc2ccc(F)cc2)c1. The lowest BCUT2D eigenvalue weighted by Gasteiger charge is -2.13. The summed E-state index contributed by atoms with van der Waals surface area (Å²) in [4.78, 5) is 0. The van der Waals surface area contributed by atoms with E-state index in [-0.39, 0.29) is 11.9 Å². The Morgan fingerprint density at radius 1 is 0.895 bits per heavy atom. The number of nitrogens with two attached hydrogens (primary N) is 1. The van der Waals surface area contributed by atoms with Gasteiger partial charge in [0.05, 0.1) is 0 Å². The topological polar surface area (TPSA) is 26.0 Å². The molecule has 1 atom stereocenters. The zero-order valence-electron chi connectivity index (χ0n) is 11.5. The lowest BCUT2D eigenvalue weighted by Crippen LogP contribution is -2.25. The van der Waals surface area contributed by atoms with E-state index in [0.29, 0.717) is 0 Å². The van der Waals surface area contributed by atoms with Gasteiger partial charge in [-0.15, -0.1) is 0 Å². The second-order valence-electron chi connectivity index (χ2n) is 5.29. The molecule has 0 aliphatic carbocycles. The van der Waals surface area contributed by atoms with Crippen molar-refractivity contribution in [3.63, 3.8) is 0 Å². The Morgan fingerprint density at radius 2 is 1.42 bits per heavy atom. The summed E-state index contributed by atoms with van der Waals surface area (Å²) < 4.78 is 12.8. The molecule has 0 heterocycles. The Hall–Kier alpha value is -1.67. The third-order valence-corrected chi connectivity index (χ3v) is 3.19. The molecule has 1 unspecified atom stereocenters. The Bertz CT molecular complexity index is 525. The molecule has 0 radical (unpaired) electrons. The summed E-state index contributed by atoms with van der Waals surface area (Å²) in [6, 6.07) is 13.2. The molecule has 0 fully saturated rings. The largest absolute Gasteiger partial charge is 0.327 e. The van der Waals surface area contributed by atoms with Crippen LogP contribution in [0.1, 0.15) is 22.3 Å². The molecular weight excluding hydrogens is 237 g/mol. The van der Waals surface area contributed by atoms with Gasteiger partial charge in [-0.3, -0.25) is 0 Å². The lowest BCUT2D eigenvalue weighted by molar-refractivity contribution is 0.623. The van der Waals surface area contributed by atoms with Crippen LogP contribution in [0.2, 0.25) is 0 Å². The van der Waals surface area contributed by atoms with E-state index in [9.17, 15) is 4.39 Å². The van der Waals surface area contributed by atoms with Gasteiger partial charge in [-0.25, -0.2) is 4.39 Å². The van der Waals surface area contributed by atoms with Crippen molar-refractivity contribution in [2.24, 2.45) is 5.73 Å². The van der Waals surface area contributed by atoms with E-state index in [1.165, 1.54) is 28.8 Å². The number of rotatable bonds is 4. The maximum atomic E-state index is 12.8. The Balaban J connectivity index is 2.00. The molecule has 2 rings (SSSR count). The van der Waals surface area contributed by atoms with E-state index in [0.717, 1.165) is 18.4 Å². The molecule has 0 aliphatic rings. The van der Waals surface area contributed by atoms with Gasteiger partial charge in [0.15, 0.2) is 0 Å². The van der Waals surface area contributed by atoms with Crippen LogP contribution in [0.4, 0.5) is 4.39 Å². The van der Waals surface area contributed by atoms with Gasteiger partial charge in [-0.05, 0) is 49.9 Å². The van der Waals surface area contributed by atoms with Crippen molar-refractivity contribution < 1.29 is 4.39 Å². The average molecular weight is 257 g/mol. The van der Waals surface area contributed by atoms with Crippen molar-refractivity contribution in [3.05, 3.63) is 70.5 Å². The smallest absolute Gasteiger partial charge is 0.123 e. The fourth-order valence-corrected chi connectivity index (χ4v) is 2.48. The van der Waals surface area contributed by atoms with E-state index < -0.39 is 0 Å². The molecule has 0 aromatic heterocycles. The quantitative estimate of drug-likeness (QED) is 0.890. The van der Waals surface area contributed by atoms with Crippen LogP contribution in [-0.2, 0) is 12.8 Å². The highest BCUT2D eigenvalue weighted by molar-refractivity contribution is 5.29. The fourth-order valence-electron chi connectivity index (χ4n) is 2.48. The van der Waals surface area contributed by atoms with Crippen molar-refractivity contribution >= 4 is 0 Å². The predicted octanol–water partition coefficient (Wildman–Crippen LogP) is 3.56. The molecule has 0 saturated carbocycles. The maximum absolute atomic E-state index is 12.8. The van der Waals surface area contributed by atoms with Crippen LogP contribution in [0.5, 0.6) is 0 Å². The highest BCUT2D eigenvalue weighted by Gasteiger charge is 2.06. The van der Waals surface area contributed by atoms with Crippen LogP contribution in [0.25, 0.3) is 0 Å². The molecule has 0 amide bonds. The maximum Gasteiger partial charge on any atom is 0.123 e. The summed E-state index contributed by atoms with van der Waals surface area (Å²) in [5, 5.41) is 0. The predicted molar refractivity (Wildman–Crippen MR) is 77.7 cm³/mol. The van der Waals surface area contributed by atoms with Crippen LogP contribution in [0, 0.1) is 19.7 Å². The minimum atomic E-state index is -0.202. The molecule has 100 valence electrons. The van der Waals surface area contributed by atoms with Crippen molar-refractivity contribution in [2.45, 2.75) is 32.7 Å². The van der Waals surface area contributed by atoms with Gasteiger partial charge in [-0.2, -0.15) is 0 Å². The van der Waals surface area contributed by atoms with Crippen LogP contribution in [-0.4, -0.2) is 6.04 Å². The van der Waals surface area contributed by atoms with Gasteiger partial charge < -0.3 is 5.73 Å². The summed E-state index contributed by atoms with van der Waals surface area (Å²) in [5.41, 5.74) is 11.1. The first kappa shape index (κ1) is 13.8. The van der Waals surface area contributed by atoms with Crippen molar-refractivity contribution in [2.75, 3.05) is 0 Å². The molecule has 0 bridgehead atoms. The first-order chi connectivity index (χ1) is 9.02. The molecule has 2 N–H and O–H groups in total. The van der Waals surface area contributed by atoms with Gasteiger partial charge in [0.25, 0.3) is 0 Å². The fraction of sp³-hybridized carbons (Fsp3) is 0.294. The molecule has 0 aliphatic heterocycles. The summed E-state index contributed by atoms with van der Waals surface area (Å²) >= 11 is 0. The number of hydrogen-bond acceptors (Lipinski definition) is 1. The molecule has 2 aromatic carbocycles. The minimum absolute atomic E-state index is 0.0617. The zero-order chi connectivity index (χ0) is 13.8. The molecule has 0 saturated heterocycles. The number of aryl methyl sites for hydroxylation is 2. The number of hydrogen-bond donors (Lipinski definition) is 1. The van der Waals surface area contributed by atoms with Gasteiger partial charge >= 0.3 is 0 Å². The Morgan fingerprint density at radius 3 is 2.00 bits per heavy atom. The molecular formula is C17H20FN. The zero-order valence-corrected chi connectivity index (χ0v) is 11.5. The number of halogens is 1. The summed E-state index contributed by atoms with van der Waals surface area (Å²) in [7, 11) is 0. The molecule has 2 heteroatoms. The van der Waals surface area contributed by atoms with Crippen molar-refractivity contribution in [1.82, 2.24) is 0 Å². The normalized spacial score (nSPS) is 12.4. The summed E-state index contributed by atoms with van der Waals surface area (Å²) in [6.45, 7) is 4.20. The van der Waals surface area contributed by atoms with E-state index in [1.54, 1.807) is 12.1 Å². The molecule has 0 spiro atoms. The first-order valence-corrected chi connectivity index (χ1v) is 6.60. The standard InChI is InChI=1S/C17H20FN/c1-12-7-13(2)9-15(8-12)11-17(19)10-14-3-5-16(18)6-4-14/h3-9,17H,10-11,19H2,1-2H3. The van der Waals surface area contributed by atoms with Gasteiger partial charge in [-0.1, -0.05) is 41.5 Å². The number of benzene rings is 2. The molecule has 1 nitrogen and oxygen atoms in total.